The molecule has 0 saturated carbocycles. The number of benzene rings is 1. The summed E-state index contributed by atoms with van der Waals surface area (Å²) in [6.45, 7) is -0.515. The SMILES string of the molecule is O=C(CCSSCCC(=O)ON1C(=O)CC(S(=O)(=O)[O-])C1=O)Nc1ccc(CO)c([N+](=O)[O-])c1.[Na+]. The van der Waals surface area contributed by atoms with E-state index in [1.165, 1.54) is 33.7 Å². The maximum atomic E-state index is 12.0. The van der Waals surface area contributed by atoms with Gasteiger partial charge in [-0.15, -0.1) is 5.06 Å². The molecule has 2 rings (SSSR count). The van der Waals surface area contributed by atoms with E-state index < -0.39 is 57.0 Å². The third-order valence-electron chi connectivity index (χ3n) is 4.23. The number of hydrogen-bond acceptors (Lipinski definition) is 13. The Hall–Kier alpha value is -1.73. The molecule has 35 heavy (non-hydrogen) atoms. The van der Waals surface area contributed by atoms with Gasteiger partial charge in [-0.05, 0) is 12.1 Å². The molecule has 0 spiro atoms. The molecule has 1 heterocycles. The average Bonchev–Trinajstić information content (AvgIpc) is 3.04. The van der Waals surface area contributed by atoms with Crippen LogP contribution < -0.4 is 34.9 Å². The monoisotopic (exact) mass is 559 g/mol. The van der Waals surface area contributed by atoms with Crippen LogP contribution in [0.4, 0.5) is 11.4 Å². The summed E-state index contributed by atoms with van der Waals surface area (Å²) in [7, 11) is -2.63. The summed E-state index contributed by atoms with van der Waals surface area (Å²) in [6.07, 6.45) is -1.07. The zero-order valence-electron chi connectivity index (χ0n) is 18.2. The summed E-state index contributed by atoms with van der Waals surface area (Å²) in [5.74, 6) is -3.39. The van der Waals surface area contributed by atoms with Crippen molar-refractivity contribution in [2.45, 2.75) is 31.1 Å². The van der Waals surface area contributed by atoms with Crippen molar-refractivity contribution in [1.29, 1.82) is 0 Å². The number of nitrogens with zero attached hydrogens (tertiary/aromatic N) is 2. The van der Waals surface area contributed by atoms with Gasteiger partial charge in [-0.2, -0.15) is 0 Å². The molecule has 1 aromatic rings. The van der Waals surface area contributed by atoms with Gasteiger partial charge in [0.1, 0.15) is 15.4 Å². The predicted molar refractivity (Wildman–Crippen MR) is 118 cm³/mol. The van der Waals surface area contributed by atoms with Crippen LogP contribution in [0.2, 0.25) is 0 Å². The standard InChI is InChI=1S/C17H19N3O11S3.Na/c21-9-10-1-2-11(7-12(10)20(26)27)18-14(22)3-5-32-33-6-4-16(24)31-19-15(23)8-13(17(19)25)34(28,29)30;/h1-2,7,13,21H,3-6,8-9H2,(H,18,22)(H,28,29,30);/q;+1/p-1. The van der Waals surface area contributed by atoms with Crippen LogP contribution in [0.5, 0.6) is 0 Å². The molecule has 1 saturated heterocycles. The van der Waals surface area contributed by atoms with Crippen molar-refractivity contribution < 1.29 is 76.6 Å². The number of amides is 3. The first-order valence-electron chi connectivity index (χ1n) is 9.38. The number of nitro benzene ring substituents is 1. The fourth-order valence-corrected chi connectivity index (χ4v) is 5.25. The molecule has 18 heteroatoms. The van der Waals surface area contributed by atoms with Crippen molar-refractivity contribution in [2.24, 2.45) is 0 Å². The number of imide groups is 1. The third kappa shape index (κ3) is 9.34. The molecular weight excluding hydrogens is 541 g/mol. The van der Waals surface area contributed by atoms with Crippen molar-refractivity contribution in [2.75, 3.05) is 16.8 Å². The van der Waals surface area contributed by atoms with E-state index >= 15 is 0 Å². The number of carbonyl (C=O) groups excluding carboxylic acids is 4. The van der Waals surface area contributed by atoms with E-state index in [4.69, 9.17) is 5.11 Å². The molecule has 1 aliphatic heterocycles. The number of nitrogens with one attached hydrogen (secondary N) is 1. The number of hydrogen-bond donors (Lipinski definition) is 2. The number of hydroxylamine groups is 2. The minimum Gasteiger partial charge on any atom is -0.747 e. The number of aliphatic hydroxyl groups is 1. The molecule has 1 aromatic carbocycles. The molecule has 1 unspecified atom stereocenters. The predicted octanol–water partition coefficient (Wildman–Crippen LogP) is -2.68. The van der Waals surface area contributed by atoms with Crippen LogP contribution in [0.15, 0.2) is 18.2 Å². The van der Waals surface area contributed by atoms with Crippen LogP contribution in [-0.2, 0) is 40.7 Å². The van der Waals surface area contributed by atoms with Gasteiger partial charge >= 0.3 is 35.5 Å². The molecule has 1 fully saturated rings. The Morgan fingerprint density at radius 3 is 2.40 bits per heavy atom. The first-order valence-corrected chi connectivity index (χ1v) is 13.3. The maximum Gasteiger partial charge on any atom is 1.00 e. The van der Waals surface area contributed by atoms with E-state index in [-0.39, 0.29) is 70.2 Å². The average molecular weight is 560 g/mol. The van der Waals surface area contributed by atoms with Crippen LogP contribution in [0, 0.1) is 10.1 Å². The van der Waals surface area contributed by atoms with Gasteiger partial charge in [0.05, 0.1) is 29.9 Å². The van der Waals surface area contributed by atoms with Crippen LogP contribution in [0.1, 0.15) is 24.8 Å². The maximum absolute atomic E-state index is 12.0. The smallest absolute Gasteiger partial charge is 0.747 e. The molecule has 1 aliphatic rings. The minimum absolute atomic E-state index is 0. The van der Waals surface area contributed by atoms with Crippen LogP contribution >= 0.6 is 21.6 Å². The first kappa shape index (κ1) is 31.3. The van der Waals surface area contributed by atoms with Gasteiger partial charge in [0.2, 0.25) is 5.91 Å². The normalized spacial score (nSPS) is 15.5. The number of nitro groups is 1. The van der Waals surface area contributed by atoms with Crippen LogP contribution in [0.3, 0.4) is 0 Å². The Bertz CT molecular complexity index is 1100. The van der Waals surface area contributed by atoms with Crippen LogP contribution in [0.25, 0.3) is 0 Å². The van der Waals surface area contributed by atoms with Gasteiger partial charge in [-0.1, -0.05) is 21.6 Å². The van der Waals surface area contributed by atoms with E-state index in [0.717, 1.165) is 6.07 Å². The van der Waals surface area contributed by atoms with Crippen molar-refractivity contribution in [3.8, 4) is 0 Å². The minimum atomic E-state index is -5.05. The second-order valence-corrected chi connectivity index (χ2v) is 10.9. The second-order valence-electron chi connectivity index (χ2n) is 6.63. The topological polar surface area (TPSA) is 213 Å². The largest absolute Gasteiger partial charge is 1.00 e. The Labute approximate surface area is 229 Å². The van der Waals surface area contributed by atoms with Crippen molar-refractivity contribution in [3.05, 3.63) is 33.9 Å². The zero-order chi connectivity index (χ0) is 25.5. The first-order chi connectivity index (χ1) is 15.9. The van der Waals surface area contributed by atoms with Gasteiger partial charge in [-0.3, -0.25) is 24.5 Å². The molecule has 0 aliphatic carbocycles. The molecule has 1 atom stereocenters. The Kier molecular flexibility index (Phi) is 12.6. The number of carbonyl (C=O) groups is 4. The van der Waals surface area contributed by atoms with E-state index in [1.807, 2.05) is 0 Å². The summed E-state index contributed by atoms with van der Waals surface area (Å²) in [5, 5.41) is 20.5. The Morgan fingerprint density at radius 2 is 1.86 bits per heavy atom. The number of rotatable bonds is 12. The van der Waals surface area contributed by atoms with Gasteiger partial charge in [0, 0.05) is 29.7 Å². The molecule has 3 amide bonds. The van der Waals surface area contributed by atoms with Crippen molar-refractivity contribution in [3.63, 3.8) is 0 Å². The fraction of sp³-hybridized carbons (Fsp3) is 0.412. The van der Waals surface area contributed by atoms with Gasteiger partial charge in [0.15, 0.2) is 0 Å². The van der Waals surface area contributed by atoms with Crippen molar-refractivity contribution >= 4 is 66.8 Å². The summed E-state index contributed by atoms with van der Waals surface area (Å²) >= 11 is 0. The van der Waals surface area contributed by atoms with E-state index in [9.17, 15) is 42.3 Å². The van der Waals surface area contributed by atoms with E-state index in [0.29, 0.717) is 5.75 Å². The molecule has 0 radical (unpaired) electrons. The van der Waals surface area contributed by atoms with Crippen molar-refractivity contribution in [1.82, 2.24) is 5.06 Å². The quantitative estimate of drug-likeness (QED) is 0.0509. The molecule has 0 bridgehead atoms. The van der Waals surface area contributed by atoms with Gasteiger partial charge < -0.3 is 19.8 Å². The summed E-state index contributed by atoms with van der Waals surface area (Å²) in [5.41, 5.74) is -0.00542. The van der Waals surface area contributed by atoms with E-state index in [1.54, 1.807) is 0 Å². The Balaban J connectivity index is 0.00000612. The van der Waals surface area contributed by atoms with Gasteiger partial charge in [-0.25, -0.2) is 13.2 Å². The van der Waals surface area contributed by atoms with Gasteiger partial charge in [0.25, 0.3) is 17.5 Å². The van der Waals surface area contributed by atoms with E-state index in [2.05, 4.69) is 10.2 Å². The number of anilines is 1. The fourth-order valence-electron chi connectivity index (χ4n) is 2.60. The number of aliphatic hydroxyl groups excluding tert-OH is 1. The molecule has 14 nitrogen and oxygen atoms in total. The summed E-state index contributed by atoms with van der Waals surface area (Å²) in [4.78, 5) is 62.0. The Morgan fingerprint density at radius 1 is 1.23 bits per heavy atom. The summed E-state index contributed by atoms with van der Waals surface area (Å²) in [6, 6.07) is 3.90. The molecule has 2 N–H and O–H groups in total. The summed E-state index contributed by atoms with van der Waals surface area (Å²) < 4.78 is 32.8. The zero-order valence-corrected chi connectivity index (χ0v) is 22.7. The second kappa shape index (κ2) is 14.1. The molecular formula is C17H18N3NaO11S3. The third-order valence-corrected chi connectivity index (χ3v) is 7.70. The van der Waals surface area contributed by atoms with Crippen LogP contribution in [-0.4, -0.2) is 68.5 Å². The molecule has 186 valence electrons. The molecule has 0 aromatic heterocycles.